The highest BCUT2D eigenvalue weighted by atomic mass is 19.4. The van der Waals surface area contributed by atoms with Crippen molar-refractivity contribution in [2.75, 3.05) is 19.4 Å². The minimum Gasteiger partial charge on any atom is -0.454 e. The highest BCUT2D eigenvalue weighted by molar-refractivity contribution is 6.11. The molecule has 5 rings (SSSR count). The van der Waals surface area contributed by atoms with Crippen LogP contribution < -0.4 is 10.1 Å². The van der Waals surface area contributed by atoms with Gasteiger partial charge in [0.2, 0.25) is 0 Å². The van der Waals surface area contributed by atoms with Crippen LogP contribution in [0, 0.1) is 0 Å². The number of hydrogen-bond acceptors (Lipinski definition) is 6. The third kappa shape index (κ3) is 9.97. The van der Waals surface area contributed by atoms with Gasteiger partial charge in [-0.05, 0) is 96.6 Å². The van der Waals surface area contributed by atoms with Crippen LogP contribution in [-0.2, 0) is 22.1 Å². The van der Waals surface area contributed by atoms with Crippen molar-refractivity contribution in [2.45, 2.75) is 38.5 Å². The van der Waals surface area contributed by atoms with Crippen molar-refractivity contribution in [1.82, 2.24) is 4.90 Å². The first-order chi connectivity index (χ1) is 25.3. The molecule has 1 atom stereocenters. The topological polar surface area (TPSA) is 102 Å². The zero-order chi connectivity index (χ0) is 38.1. The van der Waals surface area contributed by atoms with E-state index in [0.717, 1.165) is 23.3 Å². The van der Waals surface area contributed by atoms with Crippen molar-refractivity contribution in [1.29, 1.82) is 0 Å². The fourth-order valence-electron chi connectivity index (χ4n) is 5.53. The van der Waals surface area contributed by atoms with Crippen LogP contribution in [0.3, 0.4) is 0 Å². The average Bonchev–Trinajstić information content (AvgIpc) is 3.15. The number of alkyl halides is 3. The number of rotatable bonds is 12. The molecule has 0 radical (unpaired) electrons. The lowest BCUT2D eigenvalue weighted by molar-refractivity contribution is -0.137. The molecule has 1 N–H and O–H groups in total. The summed E-state index contributed by atoms with van der Waals surface area (Å²) in [5.74, 6) is -1.60. The largest absolute Gasteiger partial charge is 0.454 e. The zero-order valence-electron chi connectivity index (χ0n) is 29.3. The van der Waals surface area contributed by atoms with Crippen LogP contribution in [0.4, 0.5) is 18.9 Å². The number of ether oxygens (including phenoxy) is 2. The summed E-state index contributed by atoms with van der Waals surface area (Å²) in [6, 6.07) is 31.5. The van der Waals surface area contributed by atoms with Gasteiger partial charge in [0.15, 0.2) is 0 Å². The number of nitrogens with one attached hydrogen (secondary N) is 1. The summed E-state index contributed by atoms with van der Waals surface area (Å²) >= 11 is 0. The Balaban J connectivity index is 1.19. The standard InChI is InChI=1S/C42H37F3N2O6/c1-27(29-11-5-4-6-12-29)52-41(51)31-19-23-33(24-20-31)53-38(48)15-9-10-28-16-25-37(36(26-28)40(50)47(2)3)46-39(49)35-14-8-7-13-34(35)30-17-21-32(22-18-30)42(43,44)45/h4-8,11-14,16-27H,9-10,15H2,1-3H3,(H,46,49). The van der Waals surface area contributed by atoms with Gasteiger partial charge in [-0.3, -0.25) is 14.4 Å². The number of amides is 2. The molecule has 8 nitrogen and oxygen atoms in total. The average molecular weight is 723 g/mol. The summed E-state index contributed by atoms with van der Waals surface area (Å²) in [6.45, 7) is 1.79. The second-order valence-electron chi connectivity index (χ2n) is 12.5. The maximum atomic E-state index is 13.5. The normalized spacial score (nSPS) is 11.7. The van der Waals surface area contributed by atoms with Gasteiger partial charge < -0.3 is 19.7 Å². The molecular formula is C42H37F3N2O6. The van der Waals surface area contributed by atoms with E-state index < -0.39 is 35.7 Å². The van der Waals surface area contributed by atoms with E-state index in [1.54, 1.807) is 63.5 Å². The van der Waals surface area contributed by atoms with E-state index in [1.807, 2.05) is 30.3 Å². The molecule has 11 heteroatoms. The molecule has 0 heterocycles. The van der Waals surface area contributed by atoms with Gasteiger partial charge >= 0.3 is 18.1 Å². The third-order valence-corrected chi connectivity index (χ3v) is 8.38. The first-order valence-corrected chi connectivity index (χ1v) is 16.8. The van der Waals surface area contributed by atoms with Gasteiger partial charge in [0.1, 0.15) is 11.9 Å². The van der Waals surface area contributed by atoms with Crippen LogP contribution in [0.2, 0.25) is 0 Å². The number of anilines is 1. The molecule has 0 saturated heterocycles. The van der Waals surface area contributed by atoms with Crippen LogP contribution in [-0.4, -0.2) is 42.7 Å². The summed E-state index contributed by atoms with van der Waals surface area (Å²) in [5, 5.41) is 2.80. The molecule has 0 spiro atoms. The number of nitrogens with zero attached hydrogens (tertiary/aromatic N) is 1. The number of benzene rings is 5. The fraction of sp³-hybridized carbons (Fsp3) is 0.190. The molecule has 2 amide bonds. The Bertz CT molecular complexity index is 2080. The van der Waals surface area contributed by atoms with Crippen LogP contribution in [0.15, 0.2) is 121 Å². The van der Waals surface area contributed by atoms with Gasteiger partial charge in [-0.2, -0.15) is 13.2 Å². The Hall–Kier alpha value is -6.23. The van der Waals surface area contributed by atoms with E-state index in [-0.39, 0.29) is 34.9 Å². The maximum absolute atomic E-state index is 13.5. The number of carbonyl (C=O) groups excluding carboxylic acids is 4. The van der Waals surface area contributed by atoms with E-state index >= 15 is 0 Å². The predicted molar refractivity (Wildman–Crippen MR) is 195 cm³/mol. The van der Waals surface area contributed by atoms with Crippen molar-refractivity contribution in [2.24, 2.45) is 0 Å². The van der Waals surface area contributed by atoms with Gasteiger partial charge in [-0.15, -0.1) is 0 Å². The minimum atomic E-state index is -4.49. The molecule has 5 aromatic carbocycles. The van der Waals surface area contributed by atoms with Crippen LogP contribution in [0.1, 0.15) is 73.6 Å². The second-order valence-corrected chi connectivity index (χ2v) is 12.5. The Morgan fingerprint density at radius 1 is 0.774 bits per heavy atom. The van der Waals surface area contributed by atoms with Crippen molar-refractivity contribution >= 4 is 29.4 Å². The predicted octanol–water partition coefficient (Wildman–Crippen LogP) is 9.17. The highest BCUT2D eigenvalue weighted by Gasteiger charge is 2.30. The van der Waals surface area contributed by atoms with Crippen molar-refractivity contribution in [3.05, 3.63) is 155 Å². The van der Waals surface area contributed by atoms with Crippen molar-refractivity contribution in [3.8, 4) is 16.9 Å². The Labute approximate surface area is 305 Å². The smallest absolute Gasteiger partial charge is 0.416 e. The molecule has 5 aromatic rings. The van der Waals surface area contributed by atoms with E-state index in [9.17, 15) is 32.3 Å². The van der Waals surface area contributed by atoms with E-state index in [2.05, 4.69) is 5.32 Å². The number of hydrogen-bond donors (Lipinski definition) is 1. The Morgan fingerprint density at radius 2 is 1.43 bits per heavy atom. The minimum absolute atomic E-state index is 0.0779. The summed E-state index contributed by atoms with van der Waals surface area (Å²) < 4.78 is 50.3. The van der Waals surface area contributed by atoms with Crippen LogP contribution >= 0.6 is 0 Å². The molecule has 0 fully saturated rings. The Kier molecular flexibility index (Phi) is 12.1. The Morgan fingerprint density at radius 3 is 2.09 bits per heavy atom. The van der Waals surface area contributed by atoms with Gasteiger partial charge in [-0.25, -0.2) is 4.79 Å². The number of esters is 2. The number of aryl methyl sites for hydroxylation is 1. The summed E-state index contributed by atoms with van der Waals surface area (Å²) in [6.07, 6.45) is -4.01. The lowest BCUT2D eigenvalue weighted by Crippen LogP contribution is -2.24. The summed E-state index contributed by atoms with van der Waals surface area (Å²) in [5.41, 5.74) is 2.68. The van der Waals surface area contributed by atoms with E-state index in [4.69, 9.17) is 9.47 Å². The maximum Gasteiger partial charge on any atom is 0.416 e. The van der Waals surface area contributed by atoms with E-state index in [0.29, 0.717) is 29.5 Å². The fourth-order valence-corrected chi connectivity index (χ4v) is 5.53. The second kappa shape index (κ2) is 16.9. The van der Waals surface area contributed by atoms with Crippen LogP contribution in [0.25, 0.3) is 11.1 Å². The molecule has 0 bridgehead atoms. The first kappa shape index (κ1) is 38.0. The molecule has 0 aliphatic heterocycles. The summed E-state index contributed by atoms with van der Waals surface area (Å²) in [7, 11) is 3.16. The van der Waals surface area contributed by atoms with Gasteiger partial charge in [0, 0.05) is 26.1 Å². The molecule has 0 aliphatic rings. The molecule has 0 saturated carbocycles. The van der Waals surface area contributed by atoms with Gasteiger partial charge in [-0.1, -0.05) is 66.7 Å². The monoisotopic (exact) mass is 722 g/mol. The van der Waals surface area contributed by atoms with Crippen LogP contribution in [0.5, 0.6) is 5.75 Å². The number of halogens is 3. The van der Waals surface area contributed by atoms with E-state index in [1.165, 1.54) is 41.3 Å². The first-order valence-electron chi connectivity index (χ1n) is 16.8. The molecule has 0 aliphatic carbocycles. The highest BCUT2D eigenvalue weighted by Crippen LogP contribution is 2.32. The lowest BCUT2D eigenvalue weighted by Gasteiger charge is -2.17. The lowest BCUT2D eigenvalue weighted by atomic mass is 9.97. The zero-order valence-corrected chi connectivity index (χ0v) is 29.3. The quantitative estimate of drug-likeness (QED) is 0.102. The van der Waals surface area contributed by atoms with Crippen molar-refractivity contribution in [3.63, 3.8) is 0 Å². The SMILES string of the molecule is CC(OC(=O)c1ccc(OC(=O)CCCc2ccc(NC(=O)c3ccccc3-c3ccc(C(F)(F)F)cc3)c(C(=O)N(C)C)c2)cc1)c1ccccc1. The van der Waals surface area contributed by atoms with Crippen molar-refractivity contribution < 1.29 is 41.8 Å². The number of carbonyl (C=O) groups is 4. The van der Waals surface area contributed by atoms with Gasteiger partial charge in [0.05, 0.1) is 22.4 Å². The molecule has 1 unspecified atom stereocenters. The van der Waals surface area contributed by atoms with Gasteiger partial charge in [0.25, 0.3) is 11.8 Å². The molecule has 272 valence electrons. The molecule has 53 heavy (non-hydrogen) atoms. The molecular weight excluding hydrogens is 685 g/mol. The molecule has 0 aromatic heterocycles. The summed E-state index contributed by atoms with van der Waals surface area (Å²) in [4.78, 5) is 53.3. The third-order valence-electron chi connectivity index (χ3n) is 8.38.